The Labute approximate surface area is 342 Å². The van der Waals surface area contributed by atoms with Crippen LogP contribution in [-0.2, 0) is 4.79 Å². The fraction of sp³-hybridized carbons (Fsp3) is 0.981. The molecular weight excluding hydrogens is 657 g/mol. The van der Waals surface area contributed by atoms with Crippen LogP contribution in [0.4, 0.5) is 0 Å². The first kappa shape index (κ1) is 53.5. The van der Waals surface area contributed by atoms with Crippen LogP contribution >= 0.6 is 0 Å². The van der Waals surface area contributed by atoms with Gasteiger partial charge in [0.15, 0.2) is 0 Å². The fourth-order valence-corrected chi connectivity index (χ4v) is 8.92. The molecule has 0 rings (SSSR count). The first-order valence-electron chi connectivity index (χ1n) is 25.6. The lowest BCUT2D eigenvalue weighted by atomic mass is 9.74. The molecule has 0 unspecified atom stereocenters. The molecule has 0 amide bonds. The lowest BCUT2D eigenvalue weighted by molar-refractivity contribution is -0.150. The van der Waals surface area contributed by atoms with Crippen LogP contribution in [0.1, 0.15) is 311 Å². The van der Waals surface area contributed by atoms with Crippen LogP contribution in [0.3, 0.4) is 0 Å². The van der Waals surface area contributed by atoms with Crippen molar-refractivity contribution in [3.05, 3.63) is 0 Å². The molecule has 0 aliphatic heterocycles. The van der Waals surface area contributed by atoms with Gasteiger partial charge in [-0.25, -0.2) is 0 Å². The van der Waals surface area contributed by atoms with Gasteiger partial charge < -0.3 is 5.11 Å². The van der Waals surface area contributed by atoms with E-state index in [1.54, 1.807) is 0 Å². The maximum Gasteiger partial charge on any atom is 0.309 e. The fourth-order valence-electron chi connectivity index (χ4n) is 8.92. The van der Waals surface area contributed by atoms with E-state index in [2.05, 4.69) is 34.6 Å². The van der Waals surface area contributed by atoms with Gasteiger partial charge in [0, 0.05) is 0 Å². The molecule has 54 heavy (non-hydrogen) atoms. The van der Waals surface area contributed by atoms with Crippen molar-refractivity contribution >= 4 is 5.97 Å². The van der Waals surface area contributed by atoms with E-state index in [1.165, 1.54) is 238 Å². The lowest BCUT2D eigenvalue weighted by Gasteiger charge is -2.30. The highest BCUT2D eigenvalue weighted by atomic mass is 16.4. The number of carboxylic acid groups (broad SMARTS) is 1. The van der Waals surface area contributed by atoms with E-state index in [9.17, 15) is 9.90 Å². The van der Waals surface area contributed by atoms with Gasteiger partial charge in [0.25, 0.3) is 0 Å². The van der Waals surface area contributed by atoms with Crippen LogP contribution in [-0.4, -0.2) is 11.1 Å². The molecule has 0 aromatic rings. The molecule has 0 bridgehead atoms. The van der Waals surface area contributed by atoms with E-state index in [4.69, 9.17) is 0 Å². The van der Waals surface area contributed by atoms with Gasteiger partial charge in [0.1, 0.15) is 0 Å². The maximum absolute atomic E-state index is 12.9. The van der Waals surface area contributed by atoms with Crippen molar-refractivity contribution in [1.82, 2.24) is 0 Å². The second-order valence-corrected chi connectivity index (χ2v) is 19.3. The van der Waals surface area contributed by atoms with Gasteiger partial charge in [0.2, 0.25) is 0 Å². The van der Waals surface area contributed by atoms with Crippen molar-refractivity contribution in [3.63, 3.8) is 0 Å². The van der Waals surface area contributed by atoms with E-state index >= 15 is 0 Å². The quantitative estimate of drug-likeness (QED) is 0.0628. The van der Waals surface area contributed by atoms with E-state index in [-0.39, 0.29) is 0 Å². The Balaban J connectivity index is 4.33. The molecule has 0 saturated carbocycles. The average molecular weight is 761 g/mol. The van der Waals surface area contributed by atoms with Gasteiger partial charge in [-0.3, -0.25) is 4.79 Å². The van der Waals surface area contributed by atoms with Gasteiger partial charge in [-0.2, -0.15) is 0 Å². The molecule has 2 nitrogen and oxygen atoms in total. The summed E-state index contributed by atoms with van der Waals surface area (Å²) >= 11 is 0. The van der Waals surface area contributed by atoms with Crippen molar-refractivity contribution in [3.8, 4) is 0 Å². The molecule has 0 heterocycles. The third kappa shape index (κ3) is 38.3. The first-order valence-corrected chi connectivity index (χ1v) is 25.6. The van der Waals surface area contributed by atoms with E-state index in [1.807, 2.05) is 0 Å². The monoisotopic (exact) mass is 761 g/mol. The van der Waals surface area contributed by atoms with Crippen molar-refractivity contribution in [2.45, 2.75) is 311 Å². The van der Waals surface area contributed by atoms with Crippen molar-refractivity contribution in [2.75, 3.05) is 0 Å². The largest absolute Gasteiger partial charge is 0.481 e. The molecule has 0 fully saturated rings. The third-order valence-corrected chi connectivity index (χ3v) is 12.8. The first-order chi connectivity index (χ1) is 26.3. The zero-order chi connectivity index (χ0) is 39.6. The summed E-state index contributed by atoms with van der Waals surface area (Å²) in [4.78, 5) is 12.9. The van der Waals surface area contributed by atoms with Gasteiger partial charge in [-0.15, -0.1) is 0 Å². The Morgan fingerprint density at radius 3 is 0.704 bits per heavy atom. The molecule has 0 aromatic heterocycles. The summed E-state index contributed by atoms with van der Waals surface area (Å²) in [6, 6.07) is 0. The van der Waals surface area contributed by atoms with Gasteiger partial charge in [0.05, 0.1) is 5.41 Å². The van der Waals surface area contributed by atoms with Crippen LogP contribution in [0.5, 0.6) is 0 Å². The molecule has 0 aromatic carbocycles. The SMILES string of the molecule is CCCCCCCCCCCCCCC(CCCCCCCCCCCCCCCC(C)C)(CCCCCCCCCCCCCCCC(C)C)C(=O)O. The zero-order valence-electron chi connectivity index (χ0n) is 38.4. The van der Waals surface area contributed by atoms with Crippen molar-refractivity contribution in [1.29, 1.82) is 0 Å². The Kier molecular flexibility index (Phi) is 41.7. The highest BCUT2D eigenvalue weighted by molar-refractivity contribution is 5.74. The molecule has 2 heteroatoms. The lowest BCUT2D eigenvalue weighted by Crippen LogP contribution is -2.31. The summed E-state index contributed by atoms with van der Waals surface area (Å²) in [5.41, 5.74) is -0.470. The minimum atomic E-state index is -0.481. The van der Waals surface area contributed by atoms with Gasteiger partial charge in [-0.1, -0.05) is 291 Å². The second kappa shape index (κ2) is 42.1. The molecule has 0 aliphatic carbocycles. The van der Waals surface area contributed by atoms with Gasteiger partial charge in [-0.05, 0) is 31.1 Å². The van der Waals surface area contributed by atoms with E-state index < -0.39 is 11.4 Å². The highest BCUT2D eigenvalue weighted by Gasteiger charge is 2.36. The zero-order valence-corrected chi connectivity index (χ0v) is 38.4. The smallest absolute Gasteiger partial charge is 0.309 e. The number of carboxylic acids is 1. The molecule has 324 valence electrons. The number of hydrogen-bond donors (Lipinski definition) is 1. The Hall–Kier alpha value is -0.530. The number of aliphatic carboxylic acids is 1. The van der Waals surface area contributed by atoms with Crippen molar-refractivity contribution in [2.24, 2.45) is 17.3 Å². The maximum atomic E-state index is 12.9. The minimum absolute atomic E-state index is 0.470. The highest BCUT2D eigenvalue weighted by Crippen LogP contribution is 2.38. The van der Waals surface area contributed by atoms with Crippen LogP contribution in [0.2, 0.25) is 0 Å². The molecule has 0 spiro atoms. The minimum Gasteiger partial charge on any atom is -0.481 e. The van der Waals surface area contributed by atoms with Crippen LogP contribution in [0, 0.1) is 17.3 Å². The molecule has 0 atom stereocenters. The summed E-state index contributed by atoms with van der Waals surface area (Å²) < 4.78 is 0. The molecular formula is C52H104O2. The Morgan fingerprint density at radius 2 is 0.519 bits per heavy atom. The van der Waals surface area contributed by atoms with Crippen LogP contribution in [0.25, 0.3) is 0 Å². The summed E-state index contributed by atoms with van der Waals surface area (Å²) in [6.07, 6.45) is 57.1. The normalized spacial score (nSPS) is 12.1. The summed E-state index contributed by atoms with van der Waals surface area (Å²) in [5.74, 6) is 1.24. The molecule has 0 saturated heterocycles. The molecule has 0 radical (unpaired) electrons. The number of carbonyl (C=O) groups is 1. The predicted octanol–water partition coefficient (Wildman–Crippen LogP) is 19.2. The number of rotatable bonds is 46. The molecule has 1 N–H and O–H groups in total. The van der Waals surface area contributed by atoms with Crippen LogP contribution < -0.4 is 0 Å². The Morgan fingerprint density at radius 1 is 0.333 bits per heavy atom. The number of hydrogen-bond acceptors (Lipinski definition) is 1. The number of unbranched alkanes of at least 4 members (excludes halogenated alkanes) is 35. The second-order valence-electron chi connectivity index (χ2n) is 19.3. The van der Waals surface area contributed by atoms with Gasteiger partial charge >= 0.3 is 5.97 Å². The van der Waals surface area contributed by atoms with E-state index in [0.717, 1.165) is 50.4 Å². The predicted molar refractivity (Wildman–Crippen MR) is 244 cm³/mol. The van der Waals surface area contributed by atoms with Crippen LogP contribution in [0.15, 0.2) is 0 Å². The topological polar surface area (TPSA) is 37.3 Å². The molecule has 0 aliphatic rings. The van der Waals surface area contributed by atoms with Crippen molar-refractivity contribution < 1.29 is 9.90 Å². The average Bonchev–Trinajstić information content (AvgIpc) is 3.14. The summed E-state index contributed by atoms with van der Waals surface area (Å²) in [7, 11) is 0. The third-order valence-electron chi connectivity index (χ3n) is 12.8. The summed E-state index contributed by atoms with van der Waals surface area (Å²) in [6.45, 7) is 11.7. The standard InChI is InChI=1S/C52H104O2/c1-6-7-8-9-10-11-12-21-26-31-36-41-46-52(51(53)54,47-42-37-32-27-22-17-13-15-19-24-29-34-39-44-49(2)3)48-43-38-33-28-23-18-14-16-20-25-30-35-40-45-50(4)5/h49-50H,6-48H2,1-5H3,(H,53,54). The Bertz CT molecular complexity index is 688. The van der Waals surface area contributed by atoms with E-state index in [0.29, 0.717) is 0 Å². The summed E-state index contributed by atoms with van der Waals surface area (Å²) in [5, 5.41) is 10.7.